The average Bonchev–Trinajstić information content (AvgIpc) is 2.48. The summed E-state index contributed by atoms with van der Waals surface area (Å²) in [6, 6.07) is 12.1. The van der Waals surface area contributed by atoms with Gasteiger partial charge in [-0.3, -0.25) is 4.98 Å². The Labute approximate surface area is 118 Å². The van der Waals surface area contributed by atoms with Crippen LogP contribution < -0.4 is 10.5 Å². The monoisotopic (exact) mass is 291 g/mol. The maximum Gasteiger partial charge on any atom is 0.240 e. The lowest BCUT2D eigenvalue weighted by molar-refractivity contribution is 0.581. The van der Waals surface area contributed by atoms with Crippen LogP contribution in [0.15, 0.2) is 53.6 Å². The fraction of sp³-hybridized carbons (Fsp3) is 0.214. The molecular weight excluding hydrogens is 274 g/mol. The summed E-state index contributed by atoms with van der Waals surface area (Å²) < 4.78 is 26.7. The molecular formula is C14H17N3O2S. The summed E-state index contributed by atoms with van der Waals surface area (Å²) in [5, 5.41) is 0. The lowest BCUT2D eigenvalue weighted by atomic mass is 10.2. The molecule has 0 unspecified atom stereocenters. The van der Waals surface area contributed by atoms with Crippen molar-refractivity contribution in [3.63, 3.8) is 0 Å². The van der Waals surface area contributed by atoms with E-state index in [-0.39, 0.29) is 4.90 Å². The normalized spacial score (nSPS) is 11.4. The number of sulfonamides is 1. The largest absolute Gasteiger partial charge is 0.326 e. The summed E-state index contributed by atoms with van der Waals surface area (Å²) in [4.78, 5) is 4.39. The van der Waals surface area contributed by atoms with E-state index >= 15 is 0 Å². The number of rotatable bonds is 6. The van der Waals surface area contributed by atoms with Gasteiger partial charge in [0.15, 0.2) is 0 Å². The Morgan fingerprint density at radius 3 is 2.45 bits per heavy atom. The van der Waals surface area contributed by atoms with E-state index in [1.165, 1.54) is 0 Å². The van der Waals surface area contributed by atoms with E-state index < -0.39 is 10.0 Å². The van der Waals surface area contributed by atoms with Crippen LogP contribution in [-0.2, 0) is 23.0 Å². The van der Waals surface area contributed by atoms with E-state index in [1.54, 1.807) is 30.5 Å². The number of pyridine rings is 1. The fourth-order valence-corrected chi connectivity index (χ4v) is 2.78. The van der Waals surface area contributed by atoms with Gasteiger partial charge in [0.1, 0.15) is 0 Å². The quantitative estimate of drug-likeness (QED) is 0.833. The zero-order chi connectivity index (χ0) is 14.4. The molecule has 0 saturated heterocycles. The van der Waals surface area contributed by atoms with Crippen LogP contribution in [0.2, 0.25) is 0 Å². The van der Waals surface area contributed by atoms with Crippen molar-refractivity contribution in [2.75, 3.05) is 6.54 Å². The Balaban J connectivity index is 1.96. The Kier molecular flexibility index (Phi) is 4.84. The van der Waals surface area contributed by atoms with Gasteiger partial charge in [0.05, 0.1) is 4.90 Å². The van der Waals surface area contributed by atoms with Crippen molar-refractivity contribution in [1.29, 1.82) is 0 Å². The molecule has 6 heteroatoms. The topological polar surface area (TPSA) is 85.1 Å². The van der Waals surface area contributed by atoms with Crippen LogP contribution >= 0.6 is 0 Å². The van der Waals surface area contributed by atoms with Crippen LogP contribution in [0.3, 0.4) is 0 Å². The predicted molar refractivity (Wildman–Crippen MR) is 77.5 cm³/mol. The van der Waals surface area contributed by atoms with Crippen LogP contribution in [0.25, 0.3) is 0 Å². The van der Waals surface area contributed by atoms with Crippen molar-refractivity contribution in [2.45, 2.75) is 17.9 Å². The van der Waals surface area contributed by atoms with E-state index in [0.717, 1.165) is 11.3 Å². The smallest absolute Gasteiger partial charge is 0.240 e. The lowest BCUT2D eigenvalue weighted by Gasteiger charge is -2.07. The molecule has 5 nitrogen and oxygen atoms in total. The number of nitrogens with zero attached hydrogens (tertiary/aromatic N) is 1. The molecule has 0 saturated carbocycles. The third kappa shape index (κ3) is 3.86. The van der Waals surface area contributed by atoms with Crippen molar-refractivity contribution in [3.05, 3.63) is 59.9 Å². The molecule has 1 aromatic heterocycles. The minimum atomic E-state index is -3.47. The highest BCUT2D eigenvalue weighted by Gasteiger charge is 2.12. The van der Waals surface area contributed by atoms with Crippen molar-refractivity contribution in [1.82, 2.24) is 9.71 Å². The van der Waals surface area contributed by atoms with E-state index in [1.807, 2.05) is 18.2 Å². The summed E-state index contributed by atoms with van der Waals surface area (Å²) in [5.41, 5.74) is 7.24. The van der Waals surface area contributed by atoms with E-state index in [2.05, 4.69) is 9.71 Å². The second-order valence-corrected chi connectivity index (χ2v) is 6.08. The number of hydrogen-bond acceptors (Lipinski definition) is 4. The number of aromatic nitrogens is 1. The van der Waals surface area contributed by atoms with Crippen molar-refractivity contribution < 1.29 is 8.42 Å². The number of nitrogens with one attached hydrogen (secondary N) is 1. The van der Waals surface area contributed by atoms with Gasteiger partial charge in [0, 0.05) is 31.4 Å². The van der Waals surface area contributed by atoms with Crippen LogP contribution in [0.4, 0.5) is 0 Å². The average molecular weight is 291 g/mol. The summed E-state index contributed by atoms with van der Waals surface area (Å²) in [7, 11) is -3.47. The standard InChI is InChI=1S/C14H17N3O2S/c15-11-12-4-6-14(7-5-12)20(18,19)17-10-8-13-3-1-2-9-16-13/h1-7,9,17H,8,10-11,15H2. The van der Waals surface area contributed by atoms with E-state index in [4.69, 9.17) is 5.73 Å². The van der Waals surface area contributed by atoms with Crippen molar-refractivity contribution >= 4 is 10.0 Å². The first kappa shape index (κ1) is 14.6. The molecule has 0 aliphatic carbocycles. The third-order valence-corrected chi connectivity index (χ3v) is 4.35. The molecule has 106 valence electrons. The first-order chi connectivity index (χ1) is 9.62. The fourth-order valence-electron chi connectivity index (χ4n) is 1.75. The van der Waals surface area contributed by atoms with Gasteiger partial charge in [-0.1, -0.05) is 18.2 Å². The Bertz CT molecular complexity index is 640. The van der Waals surface area contributed by atoms with E-state index in [9.17, 15) is 8.42 Å². The Morgan fingerprint density at radius 2 is 1.85 bits per heavy atom. The molecule has 1 heterocycles. The van der Waals surface area contributed by atoms with Gasteiger partial charge >= 0.3 is 0 Å². The molecule has 0 aliphatic heterocycles. The molecule has 0 atom stereocenters. The highest BCUT2D eigenvalue weighted by molar-refractivity contribution is 7.89. The minimum Gasteiger partial charge on any atom is -0.326 e. The molecule has 0 amide bonds. The van der Waals surface area contributed by atoms with Crippen LogP contribution in [0.5, 0.6) is 0 Å². The molecule has 0 aliphatic rings. The number of benzene rings is 1. The van der Waals surface area contributed by atoms with Gasteiger partial charge < -0.3 is 5.73 Å². The molecule has 3 N–H and O–H groups in total. The minimum absolute atomic E-state index is 0.246. The van der Waals surface area contributed by atoms with Gasteiger partial charge in [-0.05, 0) is 29.8 Å². The summed E-state index contributed by atoms with van der Waals surface area (Å²) in [6.07, 6.45) is 2.25. The third-order valence-electron chi connectivity index (χ3n) is 2.87. The number of hydrogen-bond donors (Lipinski definition) is 2. The molecule has 0 radical (unpaired) electrons. The SMILES string of the molecule is NCc1ccc(S(=O)(=O)NCCc2ccccn2)cc1. The predicted octanol–water partition coefficient (Wildman–Crippen LogP) is 1.06. The summed E-state index contributed by atoms with van der Waals surface area (Å²) in [6.45, 7) is 0.714. The number of nitrogens with two attached hydrogens (primary N) is 1. The molecule has 2 aromatic rings. The molecule has 2 rings (SSSR count). The first-order valence-electron chi connectivity index (χ1n) is 6.30. The lowest BCUT2D eigenvalue weighted by Crippen LogP contribution is -2.26. The first-order valence-corrected chi connectivity index (χ1v) is 7.79. The van der Waals surface area contributed by atoms with Gasteiger partial charge in [-0.25, -0.2) is 13.1 Å². The zero-order valence-corrected chi connectivity index (χ0v) is 11.8. The van der Waals surface area contributed by atoms with Gasteiger partial charge in [0.25, 0.3) is 0 Å². The molecule has 0 fully saturated rings. The maximum atomic E-state index is 12.1. The summed E-state index contributed by atoms with van der Waals surface area (Å²) in [5.74, 6) is 0. The van der Waals surface area contributed by atoms with Crippen molar-refractivity contribution in [2.24, 2.45) is 5.73 Å². The van der Waals surface area contributed by atoms with Gasteiger partial charge in [0.2, 0.25) is 10.0 Å². The van der Waals surface area contributed by atoms with Crippen LogP contribution in [0, 0.1) is 0 Å². The van der Waals surface area contributed by atoms with Gasteiger partial charge in [-0.2, -0.15) is 0 Å². The van der Waals surface area contributed by atoms with Crippen LogP contribution in [-0.4, -0.2) is 19.9 Å². The molecule has 0 bridgehead atoms. The second kappa shape index (κ2) is 6.60. The highest BCUT2D eigenvalue weighted by Crippen LogP contribution is 2.10. The highest BCUT2D eigenvalue weighted by atomic mass is 32.2. The van der Waals surface area contributed by atoms with E-state index in [0.29, 0.717) is 19.5 Å². The second-order valence-electron chi connectivity index (χ2n) is 4.32. The molecule has 20 heavy (non-hydrogen) atoms. The van der Waals surface area contributed by atoms with Gasteiger partial charge in [-0.15, -0.1) is 0 Å². The van der Waals surface area contributed by atoms with Crippen LogP contribution in [0.1, 0.15) is 11.3 Å². The molecule has 0 spiro atoms. The Hall–Kier alpha value is -1.76. The summed E-state index contributed by atoms with van der Waals surface area (Å²) >= 11 is 0. The Morgan fingerprint density at radius 1 is 1.10 bits per heavy atom. The molecule has 1 aromatic carbocycles. The maximum absolute atomic E-state index is 12.1. The van der Waals surface area contributed by atoms with Crippen molar-refractivity contribution in [3.8, 4) is 0 Å². The zero-order valence-electron chi connectivity index (χ0n) is 11.0.